The highest BCUT2D eigenvalue weighted by Crippen LogP contribution is 2.34. The number of nitrogens with two attached hydrogens (primary N) is 1. The number of oxazole rings is 1. The van der Waals surface area contributed by atoms with Crippen LogP contribution in [0.15, 0.2) is 46.3 Å². The summed E-state index contributed by atoms with van der Waals surface area (Å²) >= 11 is 0. The van der Waals surface area contributed by atoms with Crippen molar-refractivity contribution >= 4 is 15.8 Å². The molecule has 156 valence electrons. The van der Waals surface area contributed by atoms with Crippen LogP contribution in [0, 0.1) is 6.85 Å². The number of sulfonamides is 1. The van der Waals surface area contributed by atoms with Gasteiger partial charge in [0.05, 0.1) is 23.0 Å². The molecule has 5 rings (SSSR count). The number of rotatable bonds is 5. The summed E-state index contributed by atoms with van der Waals surface area (Å²) < 4.78 is 58.5. The first-order chi connectivity index (χ1) is 15.6. The third kappa shape index (κ3) is 3.26. The van der Waals surface area contributed by atoms with Crippen molar-refractivity contribution in [2.75, 3.05) is 25.4 Å². The maximum atomic E-state index is 13.3. The fourth-order valence-electron chi connectivity index (χ4n) is 4.15. The molecule has 2 saturated heterocycles. The maximum absolute atomic E-state index is 13.3. The van der Waals surface area contributed by atoms with Gasteiger partial charge in [0.25, 0.3) is 0 Å². The number of aryl methyl sites for hydroxylation is 1. The highest BCUT2D eigenvalue weighted by atomic mass is 32.2. The zero-order chi connectivity index (χ0) is 23.4. The van der Waals surface area contributed by atoms with E-state index >= 15 is 0 Å². The van der Waals surface area contributed by atoms with Crippen LogP contribution in [0.3, 0.4) is 0 Å². The van der Waals surface area contributed by atoms with E-state index in [0.29, 0.717) is 6.54 Å². The molecule has 0 atom stereocenters. The highest BCUT2D eigenvalue weighted by Gasteiger charge is 2.46. The Hall–Kier alpha value is -2.82. The fraction of sp³-hybridized carbons (Fsp3) is 0.350. The molecule has 2 aliphatic rings. The first kappa shape index (κ1) is 15.9. The van der Waals surface area contributed by atoms with Gasteiger partial charge in [-0.25, -0.2) is 28.1 Å². The van der Waals surface area contributed by atoms with Crippen molar-refractivity contribution in [1.29, 1.82) is 0 Å². The first-order valence-electron chi connectivity index (χ1n) is 11.0. The van der Waals surface area contributed by atoms with Crippen LogP contribution in [0.1, 0.15) is 22.5 Å². The highest BCUT2D eigenvalue weighted by molar-refractivity contribution is 7.89. The van der Waals surface area contributed by atoms with E-state index in [1.807, 2.05) is 0 Å². The van der Waals surface area contributed by atoms with E-state index in [-0.39, 0.29) is 39.0 Å². The molecule has 2 aliphatic heterocycles. The van der Waals surface area contributed by atoms with Crippen molar-refractivity contribution in [2.24, 2.45) is 0 Å². The van der Waals surface area contributed by atoms with Crippen molar-refractivity contribution in [3.8, 4) is 22.7 Å². The molecule has 2 fully saturated rings. The van der Waals surface area contributed by atoms with E-state index in [1.165, 1.54) is 37.0 Å². The lowest BCUT2D eigenvalue weighted by Crippen LogP contribution is -2.47. The number of fused-ring (bicyclic) bond motifs is 2. The molecule has 0 spiro atoms. The molecule has 9 nitrogen and oxygen atoms in total. The molecule has 4 heterocycles. The van der Waals surface area contributed by atoms with E-state index in [2.05, 4.69) is 24.6 Å². The number of nitrogens with one attached hydrogen (secondary N) is 1. The number of benzene rings is 1. The number of hydrogen-bond donors (Lipinski definition) is 2. The molecule has 2 bridgehead atoms. The summed E-state index contributed by atoms with van der Waals surface area (Å²) in [5.74, 6) is 0.330. The van der Waals surface area contributed by atoms with Gasteiger partial charge in [0.15, 0.2) is 23.7 Å². The molecule has 1 aromatic carbocycles. The van der Waals surface area contributed by atoms with E-state index < -0.39 is 22.4 Å². The van der Waals surface area contributed by atoms with Gasteiger partial charge in [-0.1, -0.05) is 6.07 Å². The molecule has 10 heteroatoms. The van der Waals surface area contributed by atoms with Crippen LogP contribution in [0.25, 0.3) is 22.7 Å². The predicted molar refractivity (Wildman–Crippen MR) is 111 cm³/mol. The summed E-state index contributed by atoms with van der Waals surface area (Å²) in [5.41, 5.74) is 5.86. The van der Waals surface area contributed by atoms with Gasteiger partial charge in [-0.3, -0.25) is 0 Å². The molecule has 0 radical (unpaired) electrons. The summed E-state index contributed by atoms with van der Waals surface area (Å²) in [7, 11) is -3.90. The van der Waals surface area contributed by atoms with Gasteiger partial charge in [-0.15, -0.1) is 0 Å². The molecular formula is C20H22N6O3S. The van der Waals surface area contributed by atoms with E-state index in [4.69, 9.17) is 14.3 Å². The summed E-state index contributed by atoms with van der Waals surface area (Å²) in [6.45, 7) is -0.110. The van der Waals surface area contributed by atoms with Gasteiger partial charge < -0.3 is 15.1 Å². The largest absolute Gasteiger partial charge is 0.442 e. The second kappa shape index (κ2) is 6.86. The Bertz CT molecular complexity index is 1300. The second-order valence-electron chi connectivity index (χ2n) is 7.72. The summed E-state index contributed by atoms with van der Waals surface area (Å²) in [6, 6.07) is 3.94. The summed E-state index contributed by atoms with van der Waals surface area (Å²) in [4.78, 5) is 14.6. The molecule has 2 aromatic heterocycles. The van der Waals surface area contributed by atoms with Gasteiger partial charge in [0.1, 0.15) is 0 Å². The van der Waals surface area contributed by atoms with E-state index in [1.54, 1.807) is 0 Å². The first-order valence-corrected chi connectivity index (χ1v) is 11.0. The average Bonchev–Trinajstić information content (AvgIpc) is 3.50. The lowest BCUT2D eigenvalue weighted by molar-refractivity contribution is 0.359. The molecule has 3 N–H and O–H groups in total. The van der Waals surface area contributed by atoms with Gasteiger partial charge in [0, 0.05) is 34.8 Å². The Labute approximate surface area is 178 Å². The minimum atomic E-state index is -3.90. The molecule has 0 saturated carbocycles. The van der Waals surface area contributed by atoms with Gasteiger partial charge in [0.2, 0.25) is 10.0 Å². The average molecular weight is 430 g/mol. The number of hydrogen-bond acceptors (Lipinski definition) is 8. The standard InChI is InChI=1S/C20H22N6O3S/c1-13-2-3-14(30(27,28)25-20-4-6-26(11-20)7-5-20)8-15(13)16-9-23-19(21)18(24-16)17-10-22-12-29-17/h2-3,8-10,12,25H,4-7,11H2,1H3,(H2,21,23)/i1D3. The van der Waals surface area contributed by atoms with Gasteiger partial charge in [-0.05, 0) is 37.4 Å². The monoisotopic (exact) mass is 429 g/mol. The molecule has 0 aliphatic carbocycles. The normalized spacial score (nSPS) is 25.1. The zero-order valence-electron chi connectivity index (χ0n) is 19.0. The van der Waals surface area contributed by atoms with Crippen molar-refractivity contribution in [2.45, 2.75) is 30.1 Å². The number of nitrogen functional groups attached to an aromatic ring is 1. The van der Waals surface area contributed by atoms with Crippen molar-refractivity contribution in [1.82, 2.24) is 24.6 Å². The number of aromatic nitrogens is 3. The lowest BCUT2D eigenvalue weighted by Gasteiger charge is -2.26. The summed E-state index contributed by atoms with van der Waals surface area (Å²) in [5, 5.41) is 0. The third-order valence-corrected chi connectivity index (χ3v) is 7.31. The van der Waals surface area contributed by atoms with Crippen LogP contribution in [0.4, 0.5) is 5.82 Å². The number of piperidine rings is 1. The molecule has 0 amide bonds. The van der Waals surface area contributed by atoms with Gasteiger partial charge >= 0.3 is 0 Å². The number of nitrogens with zero attached hydrogens (tertiary/aromatic N) is 4. The zero-order valence-corrected chi connectivity index (χ0v) is 16.8. The van der Waals surface area contributed by atoms with Crippen LogP contribution < -0.4 is 10.5 Å². The summed E-state index contributed by atoms with van der Waals surface area (Å²) in [6.07, 6.45) is 5.43. The van der Waals surface area contributed by atoms with Crippen LogP contribution >= 0.6 is 0 Å². The lowest BCUT2D eigenvalue weighted by atomic mass is 9.97. The van der Waals surface area contributed by atoms with Crippen LogP contribution in [0.2, 0.25) is 0 Å². The van der Waals surface area contributed by atoms with Crippen molar-refractivity contribution < 1.29 is 16.9 Å². The van der Waals surface area contributed by atoms with Crippen molar-refractivity contribution in [3.63, 3.8) is 0 Å². The molecular weight excluding hydrogens is 404 g/mol. The quantitative estimate of drug-likeness (QED) is 0.629. The Kier molecular flexibility index (Phi) is 3.65. The molecule has 0 unspecified atom stereocenters. The molecule has 3 aromatic rings. The third-order valence-electron chi connectivity index (χ3n) is 5.73. The smallest absolute Gasteiger partial charge is 0.241 e. The van der Waals surface area contributed by atoms with Crippen molar-refractivity contribution in [3.05, 3.63) is 42.5 Å². The Balaban J connectivity index is 1.60. The SMILES string of the molecule is [2H]C([2H])([2H])c1ccc(S(=O)(=O)NC23CCN(CC2)C3)cc1-c1cnc(N)c(-c2cnco2)n1. The van der Waals surface area contributed by atoms with Crippen LogP contribution in [-0.2, 0) is 10.0 Å². The molecule has 30 heavy (non-hydrogen) atoms. The number of anilines is 1. The fourth-order valence-corrected chi connectivity index (χ4v) is 5.63. The van der Waals surface area contributed by atoms with E-state index in [9.17, 15) is 8.42 Å². The van der Waals surface area contributed by atoms with Gasteiger partial charge in [-0.2, -0.15) is 0 Å². The van der Waals surface area contributed by atoms with Crippen LogP contribution in [-0.4, -0.2) is 53.4 Å². The second-order valence-corrected chi connectivity index (χ2v) is 9.41. The topological polar surface area (TPSA) is 127 Å². The Morgan fingerprint density at radius 2 is 2.13 bits per heavy atom. The van der Waals surface area contributed by atoms with Crippen LogP contribution in [0.5, 0.6) is 0 Å². The Morgan fingerprint density at radius 3 is 2.80 bits per heavy atom. The maximum Gasteiger partial charge on any atom is 0.241 e. The minimum absolute atomic E-state index is 0.0370. The minimum Gasteiger partial charge on any atom is -0.442 e. The predicted octanol–water partition coefficient (Wildman–Crippen LogP) is 1.82. The Morgan fingerprint density at radius 1 is 1.30 bits per heavy atom. The van der Waals surface area contributed by atoms with E-state index in [0.717, 1.165) is 25.9 Å².